The van der Waals surface area contributed by atoms with Crippen LogP contribution >= 0.6 is 0 Å². The Labute approximate surface area is 110 Å². The van der Waals surface area contributed by atoms with Crippen molar-refractivity contribution in [1.29, 1.82) is 0 Å². The molecule has 5 nitrogen and oxygen atoms in total. The lowest BCUT2D eigenvalue weighted by Gasteiger charge is -2.28. The molecule has 0 aromatic carbocycles. The van der Waals surface area contributed by atoms with Crippen molar-refractivity contribution in [1.82, 2.24) is 10.2 Å². The topological polar surface area (TPSA) is 69.6 Å². The van der Waals surface area contributed by atoms with Crippen molar-refractivity contribution < 1.29 is 14.7 Å². The van der Waals surface area contributed by atoms with Gasteiger partial charge in [0, 0.05) is 19.1 Å². The van der Waals surface area contributed by atoms with Gasteiger partial charge in [-0.25, -0.2) is 4.79 Å². The maximum atomic E-state index is 11.9. The first-order valence-corrected chi connectivity index (χ1v) is 6.55. The standard InChI is InChI=1S/C13H26N2O3/c1-6-15(11(5)7-12(16)17)13(18)14-8-10(4)9(2)3/h9-11H,6-8H2,1-5H3,(H,14,18)(H,16,17). The van der Waals surface area contributed by atoms with Crippen LogP contribution in [0.2, 0.25) is 0 Å². The van der Waals surface area contributed by atoms with Gasteiger partial charge < -0.3 is 15.3 Å². The average molecular weight is 258 g/mol. The second kappa shape index (κ2) is 7.95. The molecule has 0 aliphatic heterocycles. The molecule has 0 heterocycles. The zero-order valence-electron chi connectivity index (χ0n) is 12.1. The van der Waals surface area contributed by atoms with Gasteiger partial charge >= 0.3 is 12.0 Å². The third-order valence-corrected chi connectivity index (χ3v) is 3.32. The Bertz CT molecular complexity index is 279. The molecule has 106 valence electrons. The smallest absolute Gasteiger partial charge is 0.317 e. The molecule has 0 aliphatic carbocycles. The van der Waals surface area contributed by atoms with Crippen LogP contribution in [0.15, 0.2) is 0 Å². The van der Waals surface area contributed by atoms with Gasteiger partial charge in [-0.3, -0.25) is 4.79 Å². The van der Waals surface area contributed by atoms with Crippen molar-refractivity contribution >= 4 is 12.0 Å². The highest BCUT2D eigenvalue weighted by Crippen LogP contribution is 2.09. The minimum Gasteiger partial charge on any atom is -0.481 e. The number of urea groups is 1. The number of carboxylic acids is 1. The summed E-state index contributed by atoms with van der Waals surface area (Å²) in [6.45, 7) is 11.0. The van der Waals surface area contributed by atoms with E-state index in [2.05, 4.69) is 26.1 Å². The molecule has 0 saturated heterocycles. The molecular weight excluding hydrogens is 232 g/mol. The van der Waals surface area contributed by atoms with Crippen LogP contribution in [-0.4, -0.2) is 41.1 Å². The van der Waals surface area contributed by atoms with Gasteiger partial charge in [-0.1, -0.05) is 20.8 Å². The molecule has 0 aromatic rings. The van der Waals surface area contributed by atoms with E-state index in [1.165, 1.54) is 0 Å². The quantitative estimate of drug-likeness (QED) is 0.735. The largest absolute Gasteiger partial charge is 0.481 e. The van der Waals surface area contributed by atoms with E-state index in [-0.39, 0.29) is 18.5 Å². The van der Waals surface area contributed by atoms with Gasteiger partial charge in [-0.15, -0.1) is 0 Å². The normalized spacial score (nSPS) is 14.1. The lowest BCUT2D eigenvalue weighted by atomic mass is 9.98. The second-order valence-electron chi connectivity index (χ2n) is 5.14. The zero-order chi connectivity index (χ0) is 14.3. The number of hydrogen-bond acceptors (Lipinski definition) is 2. The van der Waals surface area contributed by atoms with Crippen molar-refractivity contribution in [2.45, 2.75) is 47.1 Å². The fraction of sp³-hybridized carbons (Fsp3) is 0.846. The molecule has 0 saturated carbocycles. The fourth-order valence-corrected chi connectivity index (χ4v) is 1.60. The van der Waals surface area contributed by atoms with E-state index < -0.39 is 5.97 Å². The van der Waals surface area contributed by atoms with Crippen LogP contribution < -0.4 is 5.32 Å². The third-order valence-electron chi connectivity index (χ3n) is 3.32. The highest BCUT2D eigenvalue weighted by atomic mass is 16.4. The molecule has 0 radical (unpaired) electrons. The predicted octanol–water partition coefficient (Wildman–Crippen LogP) is 2.17. The molecule has 0 bridgehead atoms. The number of amides is 2. The molecule has 0 spiro atoms. The highest BCUT2D eigenvalue weighted by molar-refractivity contribution is 5.75. The van der Waals surface area contributed by atoms with Crippen molar-refractivity contribution in [2.75, 3.05) is 13.1 Å². The van der Waals surface area contributed by atoms with E-state index >= 15 is 0 Å². The molecule has 0 aromatic heterocycles. The summed E-state index contributed by atoms with van der Waals surface area (Å²) in [5, 5.41) is 11.6. The molecule has 5 heteroatoms. The van der Waals surface area contributed by atoms with E-state index in [1.54, 1.807) is 11.8 Å². The van der Waals surface area contributed by atoms with Crippen molar-refractivity contribution in [2.24, 2.45) is 11.8 Å². The fourth-order valence-electron chi connectivity index (χ4n) is 1.60. The summed E-state index contributed by atoms with van der Waals surface area (Å²) >= 11 is 0. The maximum absolute atomic E-state index is 11.9. The number of nitrogens with zero attached hydrogens (tertiary/aromatic N) is 1. The molecule has 2 atom stereocenters. The molecular formula is C13H26N2O3. The molecule has 18 heavy (non-hydrogen) atoms. The molecule has 2 unspecified atom stereocenters. The van der Waals surface area contributed by atoms with E-state index in [0.29, 0.717) is 24.9 Å². The van der Waals surface area contributed by atoms with Crippen molar-refractivity contribution in [3.05, 3.63) is 0 Å². The van der Waals surface area contributed by atoms with Crippen molar-refractivity contribution in [3.8, 4) is 0 Å². The molecule has 0 aliphatic rings. The van der Waals surface area contributed by atoms with Gasteiger partial charge in [0.15, 0.2) is 0 Å². The summed E-state index contributed by atoms with van der Waals surface area (Å²) in [5.74, 6) is 0.0311. The van der Waals surface area contributed by atoms with Gasteiger partial charge in [0.05, 0.1) is 6.42 Å². The number of aliphatic carboxylic acids is 1. The van der Waals surface area contributed by atoms with Gasteiger partial charge in [0.1, 0.15) is 0 Å². The van der Waals surface area contributed by atoms with E-state index in [9.17, 15) is 9.59 Å². The van der Waals surface area contributed by atoms with Crippen LogP contribution in [0.1, 0.15) is 41.0 Å². The number of nitrogens with one attached hydrogen (secondary N) is 1. The van der Waals surface area contributed by atoms with Gasteiger partial charge in [-0.2, -0.15) is 0 Å². The summed E-state index contributed by atoms with van der Waals surface area (Å²) in [5.41, 5.74) is 0. The van der Waals surface area contributed by atoms with Crippen LogP contribution in [0.3, 0.4) is 0 Å². The van der Waals surface area contributed by atoms with Crippen LogP contribution in [0.25, 0.3) is 0 Å². The Morgan fingerprint density at radius 2 is 1.78 bits per heavy atom. The Morgan fingerprint density at radius 1 is 1.22 bits per heavy atom. The summed E-state index contributed by atoms with van der Waals surface area (Å²) < 4.78 is 0. The Kier molecular flexibility index (Phi) is 7.39. The molecule has 2 N–H and O–H groups in total. The molecule has 2 amide bonds. The van der Waals surface area contributed by atoms with Crippen LogP contribution in [0.4, 0.5) is 4.79 Å². The number of carboxylic acid groups (broad SMARTS) is 1. The first-order valence-electron chi connectivity index (χ1n) is 6.55. The van der Waals surface area contributed by atoms with Crippen LogP contribution in [0, 0.1) is 11.8 Å². The Balaban J connectivity index is 4.30. The summed E-state index contributed by atoms with van der Waals surface area (Å²) in [6.07, 6.45) is -0.0268. The lowest BCUT2D eigenvalue weighted by molar-refractivity contribution is -0.138. The minimum absolute atomic E-state index is 0.0268. The summed E-state index contributed by atoms with van der Waals surface area (Å²) in [4.78, 5) is 24.2. The highest BCUT2D eigenvalue weighted by Gasteiger charge is 2.21. The summed E-state index contributed by atoms with van der Waals surface area (Å²) in [7, 11) is 0. The number of carbonyl (C=O) groups excluding carboxylic acids is 1. The summed E-state index contributed by atoms with van der Waals surface area (Å²) in [6, 6.07) is -0.472. The number of hydrogen-bond donors (Lipinski definition) is 2. The average Bonchev–Trinajstić information content (AvgIpc) is 2.25. The zero-order valence-corrected chi connectivity index (χ0v) is 12.1. The van der Waals surface area contributed by atoms with E-state index in [0.717, 1.165) is 0 Å². The van der Waals surface area contributed by atoms with Crippen LogP contribution in [-0.2, 0) is 4.79 Å². The SMILES string of the molecule is CCN(C(=O)NCC(C)C(C)C)C(C)CC(=O)O. The van der Waals surface area contributed by atoms with Gasteiger partial charge in [-0.05, 0) is 25.7 Å². The predicted molar refractivity (Wildman–Crippen MR) is 71.5 cm³/mol. The second-order valence-corrected chi connectivity index (χ2v) is 5.14. The van der Waals surface area contributed by atoms with E-state index in [1.807, 2.05) is 6.92 Å². The van der Waals surface area contributed by atoms with Gasteiger partial charge in [0.25, 0.3) is 0 Å². The van der Waals surface area contributed by atoms with Crippen molar-refractivity contribution in [3.63, 3.8) is 0 Å². The number of rotatable bonds is 7. The van der Waals surface area contributed by atoms with Crippen LogP contribution in [0.5, 0.6) is 0 Å². The molecule has 0 rings (SSSR count). The Morgan fingerprint density at radius 3 is 2.17 bits per heavy atom. The number of carbonyl (C=O) groups is 2. The van der Waals surface area contributed by atoms with E-state index in [4.69, 9.17) is 5.11 Å². The first-order chi connectivity index (χ1) is 8.29. The maximum Gasteiger partial charge on any atom is 0.317 e. The monoisotopic (exact) mass is 258 g/mol. The first kappa shape index (κ1) is 16.7. The lowest BCUT2D eigenvalue weighted by Crippen LogP contribution is -2.46. The Hall–Kier alpha value is -1.26. The molecule has 0 fully saturated rings. The minimum atomic E-state index is -0.885. The third kappa shape index (κ3) is 5.89. The van der Waals surface area contributed by atoms with Gasteiger partial charge in [0.2, 0.25) is 0 Å².